The maximum Gasteiger partial charge on any atom is 0.416 e. The van der Waals surface area contributed by atoms with E-state index in [1.165, 1.54) is 41.2 Å². The molecule has 0 aliphatic rings. The quantitative estimate of drug-likeness (QED) is 0.363. The lowest BCUT2D eigenvalue weighted by Gasteiger charge is -2.18. The highest BCUT2D eigenvalue weighted by Crippen LogP contribution is 2.31. The molecule has 1 atom stereocenters. The summed E-state index contributed by atoms with van der Waals surface area (Å²) in [6.45, 7) is 1.62. The number of nitrogens with one attached hydrogen (secondary N) is 1. The molecule has 198 valence electrons. The first-order valence-corrected chi connectivity index (χ1v) is 13.0. The van der Waals surface area contributed by atoms with Gasteiger partial charge in [0, 0.05) is 41.6 Å². The van der Waals surface area contributed by atoms with Crippen molar-refractivity contribution in [2.24, 2.45) is 12.2 Å². The highest BCUT2D eigenvalue weighted by atomic mass is 32.2. The molecule has 0 radical (unpaired) electrons. The number of carbonyl (C=O) groups is 1. The topological polar surface area (TPSA) is 112 Å². The molecule has 4 aromatic rings. The molecule has 0 bridgehead atoms. The number of nitrogens with two attached hydrogens (primary N) is 1. The first-order valence-electron chi connectivity index (χ1n) is 11.2. The molecule has 0 fully saturated rings. The van der Waals surface area contributed by atoms with E-state index in [4.69, 9.17) is 5.14 Å². The minimum absolute atomic E-state index is 0.0277. The van der Waals surface area contributed by atoms with Crippen LogP contribution in [0.4, 0.5) is 13.2 Å². The number of carbonyl (C=O) groups excluding carboxylic acids is 1. The van der Waals surface area contributed by atoms with Crippen LogP contribution in [0.3, 0.4) is 0 Å². The van der Waals surface area contributed by atoms with Gasteiger partial charge in [0.25, 0.3) is 11.5 Å². The van der Waals surface area contributed by atoms with E-state index >= 15 is 0 Å². The Hall–Kier alpha value is -4.16. The molecule has 2 aromatic carbocycles. The average molecular weight is 544 g/mol. The van der Waals surface area contributed by atoms with Gasteiger partial charge in [0.15, 0.2) is 0 Å². The monoisotopic (exact) mass is 543 g/mol. The normalized spacial score (nSPS) is 13.2. The number of rotatable bonds is 6. The lowest BCUT2D eigenvalue weighted by molar-refractivity contribution is -0.137. The Balaban J connectivity index is 1.78. The first-order chi connectivity index (χ1) is 17.8. The highest BCUT2D eigenvalue weighted by molar-refractivity contribution is 7.98. The van der Waals surface area contributed by atoms with Crippen LogP contribution in [0.5, 0.6) is 0 Å². The van der Waals surface area contributed by atoms with E-state index in [0.29, 0.717) is 27.4 Å². The van der Waals surface area contributed by atoms with Crippen molar-refractivity contribution in [2.75, 3.05) is 0 Å². The number of amides is 1. The summed E-state index contributed by atoms with van der Waals surface area (Å²) in [5, 5.41) is 12.3. The van der Waals surface area contributed by atoms with Gasteiger partial charge in [-0.25, -0.2) is 4.21 Å². The summed E-state index contributed by atoms with van der Waals surface area (Å²) < 4.78 is 54.7. The maximum absolute atomic E-state index is 13.5. The molecule has 1 unspecified atom stereocenters. The lowest BCUT2D eigenvalue weighted by Crippen LogP contribution is -2.33. The number of alkyl halides is 3. The molecular formula is C26H24F3N5O3S. The van der Waals surface area contributed by atoms with Crippen LogP contribution in [0.2, 0.25) is 0 Å². The van der Waals surface area contributed by atoms with Crippen molar-refractivity contribution in [3.05, 3.63) is 99.6 Å². The summed E-state index contributed by atoms with van der Waals surface area (Å²) in [7, 11) is -1.22. The molecule has 4 rings (SSSR count). The fourth-order valence-electron chi connectivity index (χ4n) is 4.01. The molecule has 38 heavy (non-hydrogen) atoms. The summed E-state index contributed by atoms with van der Waals surface area (Å²) in [4.78, 5) is 27.0. The number of hydrogen-bond acceptors (Lipinski definition) is 4. The van der Waals surface area contributed by atoms with Gasteiger partial charge in [0.1, 0.15) is 5.56 Å². The zero-order valence-corrected chi connectivity index (χ0v) is 21.3. The van der Waals surface area contributed by atoms with E-state index in [2.05, 4.69) is 16.3 Å². The lowest BCUT2D eigenvalue weighted by atomic mass is 10.1. The number of hydrogen-bond donors (Lipinski definition) is 2. The van der Waals surface area contributed by atoms with Crippen LogP contribution < -0.4 is 16.0 Å². The van der Waals surface area contributed by atoms with E-state index in [1.54, 1.807) is 32.2 Å². The molecular weight excluding hydrogens is 519 g/mol. The van der Waals surface area contributed by atoms with Crippen LogP contribution in [-0.2, 0) is 29.5 Å². The van der Waals surface area contributed by atoms with Gasteiger partial charge in [0.05, 0.1) is 21.0 Å². The number of pyridine rings is 1. The van der Waals surface area contributed by atoms with Crippen molar-refractivity contribution in [1.29, 1.82) is 0 Å². The fraction of sp³-hybridized carbons (Fsp3) is 0.154. The average Bonchev–Trinajstić information content (AvgIpc) is 3.27. The molecule has 0 aliphatic carbocycles. The summed E-state index contributed by atoms with van der Waals surface area (Å²) in [5.74, 6) is 2.70. The standard InChI is InChI=1S/C26H24F3N5O3S/c1-16-21(23-11-12-32-33(23)2)14-22(24(35)31-15-17-7-9-20(10-8-17)38(3,30)37)25(36)34(16)19-6-4-5-18(13-19)26(27,28)29/h4-14H,3,15H2,1-2H3,(H2,30,37)(H,31,35). The molecule has 0 saturated carbocycles. The number of halogens is 3. The maximum atomic E-state index is 13.5. The van der Waals surface area contributed by atoms with E-state index in [-0.39, 0.29) is 17.8 Å². The van der Waals surface area contributed by atoms with Gasteiger partial charge in [-0.2, -0.15) is 18.3 Å². The van der Waals surface area contributed by atoms with Crippen molar-refractivity contribution >= 4 is 21.5 Å². The number of nitrogens with zero attached hydrogens (tertiary/aromatic N) is 3. The van der Waals surface area contributed by atoms with Crippen LogP contribution in [0.15, 0.2) is 76.6 Å². The number of benzene rings is 2. The molecule has 1 amide bonds. The van der Waals surface area contributed by atoms with Crippen LogP contribution in [0.25, 0.3) is 16.9 Å². The molecule has 8 nitrogen and oxygen atoms in total. The Morgan fingerprint density at radius 2 is 1.82 bits per heavy atom. The number of aromatic nitrogens is 3. The summed E-state index contributed by atoms with van der Waals surface area (Å²) in [6.07, 6.45) is -3.09. The number of aryl methyl sites for hydroxylation is 1. The second-order valence-corrected chi connectivity index (χ2v) is 10.6. The Kier molecular flexibility index (Phi) is 7.04. The van der Waals surface area contributed by atoms with Crippen molar-refractivity contribution < 1.29 is 22.2 Å². The van der Waals surface area contributed by atoms with Crippen LogP contribution in [-0.4, -0.2) is 30.3 Å². The van der Waals surface area contributed by atoms with Crippen LogP contribution in [0.1, 0.15) is 27.2 Å². The molecule has 12 heteroatoms. The summed E-state index contributed by atoms with van der Waals surface area (Å²) >= 11 is 0. The Labute approximate surface area is 216 Å². The fourth-order valence-corrected chi connectivity index (χ4v) is 4.61. The summed E-state index contributed by atoms with van der Waals surface area (Å²) in [5.41, 5.74) is -0.00775. The Morgan fingerprint density at radius 3 is 2.39 bits per heavy atom. The predicted molar refractivity (Wildman–Crippen MR) is 139 cm³/mol. The van der Waals surface area contributed by atoms with Gasteiger partial charge >= 0.3 is 6.18 Å². The second-order valence-electron chi connectivity index (χ2n) is 8.64. The van der Waals surface area contributed by atoms with Gasteiger partial charge in [0.2, 0.25) is 0 Å². The van der Waals surface area contributed by atoms with Gasteiger partial charge in [-0.05, 0) is 60.8 Å². The highest BCUT2D eigenvalue weighted by Gasteiger charge is 2.31. The zero-order chi connectivity index (χ0) is 27.8. The molecule has 0 spiro atoms. The molecule has 0 saturated heterocycles. The predicted octanol–water partition coefficient (Wildman–Crippen LogP) is 3.44. The van der Waals surface area contributed by atoms with Crippen molar-refractivity contribution in [3.8, 4) is 16.9 Å². The third-order valence-corrected chi connectivity index (χ3v) is 7.07. The second kappa shape index (κ2) is 9.95. The van der Waals surface area contributed by atoms with Crippen molar-refractivity contribution in [2.45, 2.75) is 24.5 Å². The first kappa shape index (κ1) is 26.9. The SMILES string of the molecule is C=S(N)(=O)c1ccc(CNC(=O)c2cc(-c3ccnn3C)c(C)n(-c3cccc(C(F)(F)F)c3)c2=O)cc1. The smallest absolute Gasteiger partial charge is 0.348 e. The van der Waals surface area contributed by atoms with Gasteiger partial charge < -0.3 is 5.32 Å². The third kappa shape index (κ3) is 5.41. The van der Waals surface area contributed by atoms with Gasteiger partial charge in [-0.15, -0.1) is 0 Å². The third-order valence-electron chi connectivity index (χ3n) is 6.00. The van der Waals surface area contributed by atoms with E-state index in [9.17, 15) is 27.0 Å². The minimum Gasteiger partial charge on any atom is -0.348 e. The van der Waals surface area contributed by atoms with Crippen LogP contribution in [0, 0.1) is 6.92 Å². The van der Waals surface area contributed by atoms with Gasteiger partial charge in [-0.1, -0.05) is 18.2 Å². The molecule has 2 heterocycles. The van der Waals surface area contributed by atoms with E-state index in [1.807, 2.05) is 0 Å². The summed E-state index contributed by atoms with van der Waals surface area (Å²) in [6, 6.07) is 13.7. The van der Waals surface area contributed by atoms with Crippen molar-refractivity contribution in [3.63, 3.8) is 0 Å². The largest absolute Gasteiger partial charge is 0.416 e. The zero-order valence-electron chi connectivity index (χ0n) is 20.5. The Morgan fingerprint density at radius 1 is 1.13 bits per heavy atom. The molecule has 3 N–H and O–H groups in total. The molecule has 0 aliphatic heterocycles. The van der Waals surface area contributed by atoms with Gasteiger partial charge in [-0.3, -0.25) is 24.0 Å². The van der Waals surface area contributed by atoms with Crippen LogP contribution >= 0.6 is 0 Å². The minimum atomic E-state index is -4.62. The van der Waals surface area contributed by atoms with E-state index < -0.39 is 32.9 Å². The Bertz CT molecular complexity index is 1690. The van der Waals surface area contributed by atoms with Crippen molar-refractivity contribution in [1.82, 2.24) is 19.7 Å². The van der Waals surface area contributed by atoms with E-state index in [0.717, 1.165) is 16.7 Å². The molecule has 2 aromatic heterocycles.